The van der Waals surface area contributed by atoms with Crippen LogP contribution in [0.25, 0.3) is 10.2 Å². The van der Waals surface area contributed by atoms with E-state index in [1.807, 2.05) is 19.1 Å². The third kappa shape index (κ3) is 2.86. The van der Waals surface area contributed by atoms with Gasteiger partial charge in [0.05, 0.1) is 11.3 Å². The summed E-state index contributed by atoms with van der Waals surface area (Å²) in [7, 11) is 0. The summed E-state index contributed by atoms with van der Waals surface area (Å²) in [5, 5.41) is 13.1. The summed E-state index contributed by atoms with van der Waals surface area (Å²) in [6.07, 6.45) is 0. The third-order valence-corrected chi connectivity index (χ3v) is 5.25. The fourth-order valence-corrected chi connectivity index (χ4v) is 3.80. The highest BCUT2D eigenvalue weighted by Crippen LogP contribution is 2.37. The largest absolute Gasteiger partial charge is 0.397 e. The van der Waals surface area contributed by atoms with Crippen LogP contribution in [0.2, 0.25) is 5.02 Å². The van der Waals surface area contributed by atoms with E-state index in [9.17, 15) is 10.1 Å². The first-order valence-electron chi connectivity index (χ1n) is 7.29. The Morgan fingerprint density at radius 2 is 2.08 bits per heavy atom. The number of nitriles is 1. The van der Waals surface area contributed by atoms with E-state index in [0.29, 0.717) is 37.1 Å². The Morgan fingerprint density at radius 1 is 1.36 bits per heavy atom. The summed E-state index contributed by atoms with van der Waals surface area (Å²) in [6.45, 7) is 3.61. The Kier molecular flexibility index (Phi) is 4.25. The van der Waals surface area contributed by atoms with Gasteiger partial charge in [-0.05, 0) is 37.1 Å². The number of carbonyl (C=O) groups is 1. The molecule has 0 aliphatic rings. The normalized spacial score (nSPS) is 10.6. The number of nitrogen functional groups attached to an aromatic ring is 2. The van der Waals surface area contributed by atoms with E-state index in [1.54, 1.807) is 19.1 Å². The number of halogens is 1. The Morgan fingerprint density at radius 3 is 2.76 bits per heavy atom. The number of thiophene rings is 1. The van der Waals surface area contributed by atoms with E-state index < -0.39 is 0 Å². The number of hydrogen-bond acceptors (Lipinski definition) is 6. The fraction of sp³-hybridized carbons (Fsp3) is 0.118. The van der Waals surface area contributed by atoms with Crippen molar-refractivity contribution in [2.45, 2.75) is 13.8 Å². The maximum absolute atomic E-state index is 12.7. The molecule has 8 heteroatoms. The molecule has 5 N–H and O–H groups in total. The monoisotopic (exact) mass is 371 g/mol. The van der Waals surface area contributed by atoms with E-state index in [2.05, 4.69) is 10.3 Å². The summed E-state index contributed by atoms with van der Waals surface area (Å²) < 4.78 is 0. The number of aromatic nitrogens is 1. The maximum Gasteiger partial charge on any atom is 0.267 e. The molecular weight excluding hydrogens is 358 g/mol. The first-order valence-corrected chi connectivity index (χ1v) is 8.48. The number of amides is 1. The van der Waals surface area contributed by atoms with Crippen LogP contribution < -0.4 is 16.8 Å². The number of carbonyl (C=O) groups excluding carboxylic acids is 1. The van der Waals surface area contributed by atoms with E-state index in [0.717, 1.165) is 16.9 Å². The van der Waals surface area contributed by atoms with Crippen molar-refractivity contribution in [2.24, 2.45) is 0 Å². The molecule has 0 radical (unpaired) electrons. The van der Waals surface area contributed by atoms with Gasteiger partial charge in [0.15, 0.2) is 0 Å². The zero-order valence-corrected chi connectivity index (χ0v) is 15.0. The number of aryl methyl sites for hydroxylation is 2. The molecule has 0 bridgehead atoms. The molecular formula is C17H14ClN5OS. The average Bonchev–Trinajstić information content (AvgIpc) is 2.88. The smallest absolute Gasteiger partial charge is 0.267 e. The molecule has 3 aromatic rings. The van der Waals surface area contributed by atoms with Crippen LogP contribution in [0.3, 0.4) is 0 Å². The van der Waals surface area contributed by atoms with Crippen molar-refractivity contribution >= 4 is 56.3 Å². The Labute approximate surface area is 153 Å². The Balaban J connectivity index is 2.09. The van der Waals surface area contributed by atoms with Gasteiger partial charge in [0.1, 0.15) is 21.6 Å². The minimum Gasteiger partial charge on any atom is -0.397 e. The van der Waals surface area contributed by atoms with Gasteiger partial charge in [-0.1, -0.05) is 17.7 Å². The second kappa shape index (κ2) is 6.24. The summed E-state index contributed by atoms with van der Waals surface area (Å²) >= 11 is 7.12. The molecule has 2 heterocycles. The van der Waals surface area contributed by atoms with Crippen molar-refractivity contribution in [3.05, 3.63) is 44.8 Å². The highest BCUT2D eigenvalue weighted by Gasteiger charge is 2.22. The molecule has 0 unspecified atom stereocenters. The summed E-state index contributed by atoms with van der Waals surface area (Å²) in [5.74, 6) is -0.228. The van der Waals surface area contributed by atoms with Crippen LogP contribution in [-0.2, 0) is 0 Å². The maximum atomic E-state index is 12.7. The standard InChI is InChI=1S/C17H14ClN5OS/c1-7-3-4-9(18)5-11(7)22-16(24)14-13(20)12-8(2)10(6-19)15(21)23-17(12)25-14/h3-5H,20H2,1-2H3,(H2,21,23)(H,22,24). The van der Waals surface area contributed by atoms with Crippen molar-refractivity contribution in [2.75, 3.05) is 16.8 Å². The van der Waals surface area contributed by atoms with E-state index in [-0.39, 0.29) is 17.3 Å². The lowest BCUT2D eigenvalue weighted by Crippen LogP contribution is -2.12. The molecule has 1 aromatic carbocycles. The van der Waals surface area contributed by atoms with Gasteiger partial charge in [0, 0.05) is 16.1 Å². The second-order valence-electron chi connectivity index (χ2n) is 5.55. The number of fused-ring (bicyclic) bond motifs is 1. The SMILES string of the molecule is Cc1ccc(Cl)cc1NC(=O)c1sc2nc(N)c(C#N)c(C)c2c1N. The second-order valence-corrected chi connectivity index (χ2v) is 6.98. The Bertz CT molecular complexity index is 1070. The van der Waals surface area contributed by atoms with Crippen LogP contribution in [0.5, 0.6) is 0 Å². The van der Waals surface area contributed by atoms with Gasteiger partial charge in [-0.25, -0.2) is 4.98 Å². The molecule has 0 saturated carbocycles. The van der Waals surface area contributed by atoms with Crippen LogP contribution in [0.4, 0.5) is 17.2 Å². The summed E-state index contributed by atoms with van der Waals surface area (Å²) in [5.41, 5.74) is 14.7. The van der Waals surface area contributed by atoms with E-state index in [4.69, 9.17) is 23.1 Å². The first-order chi connectivity index (χ1) is 11.8. The quantitative estimate of drug-likeness (QED) is 0.632. The topological polar surface area (TPSA) is 118 Å². The molecule has 0 saturated heterocycles. The molecule has 126 valence electrons. The van der Waals surface area contributed by atoms with Crippen molar-refractivity contribution in [3.8, 4) is 6.07 Å². The van der Waals surface area contributed by atoms with Crippen LogP contribution >= 0.6 is 22.9 Å². The molecule has 25 heavy (non-hydrogen) atoms. The highest BCUT2D eigenvalue weighted by atomic mass is 35.5. The summed E-state index contributed by atoms with van der Waals surface area (Å²) in [4.78, 5) is 17.7. The summed E-state index contributed by atoms with van der Waals surface area (Å²) in [6, 6.07) is 7.26. The first kappa shape index (κ1) is 17.0. The lowest BCUT2D eigenvalue weighted by molar-refractivity contribution is 0.103. The number of anilines is 3. The van der Waals surface area contributed by atoms with Gasteiger partial charge >= 0.3 is 0 Å². The zero-order chi connectivity index (χ0) is 18.3. The lowest BCUT2D eigenvalue weighted by Gasteiger charge is -2.08. The van der Waals surface area contributed by atoms with Gasteiger partial charge in [-0.3, -0.25) is 4.79 Å². The van der Waals surface area contributed by atoms with Crippen LogP contribution in [-0.4, -0.2) is 10.9 Å². The average molecular weight is 372 g/mol. The number of benzene rings is 1. The number of nitrogens with zero attached hydrogens (tertiary/aromatic N) is 2. The third-order valence-electron chi connectivity index (χ3n) is 3.92. The minimum absolute atomic E-state index is 0.131. The number of hydrogen-bond donors (Lipinski definition) is 3. The van der Waals surface area contributed by atoms with Crippen LogP contribution in [0, 0.1) is 25.2 Å². The van der Waals surface area contributed by atoms with E-state index in [1.165, 1.54) is 0 Å². The zero-order valence-electron chi connectivity index (χ0n) is 13.5. The van der Waals surface area contributed by atoms with Crippen LogP contribution in [0.15, 0.2) is 18.2 Å². The Hall–Kier alpha value is -2.82. The minimum atomic E-state index is -0.359. The predicted octanol–water partition coefficient (Wildman–Crippen LogP) is 3.85. The van der Waals surface area contributed by atoms with Crippen molar-refractivity contribution in [1.29, 1.82) is 5.26 Å². The fourth-order valence-electron chi connectivity index (χ4n) is 2.57. The number of nitrogens with two attached hydrogens (primary N) is 2. The van der Waals surface area contributed by atoms with Crippen molar-refractivity contribution in [1.82, 2.24) is 4.98 Å². The molecule has 0 atom stereocenters. The number of rotatable bonds is 2. The van der Waals surface area contributed by atoms with Crippen molar-refractivity contribution in [3.63, 3.8) is 0 Å². The van der Waals surface area contributed by atoms with Gasteiger partial charge < -0.3 is 16.8 Å². The van der Waals surface area contributed by atoms with Gasteiger partial charge in [0.2, 0.25) is 0 Å². The van der Waals surface area contributed by atoms with Gasteiger partial charge in [0.25, 0.3) is 5.91 Å². The van der Waals surface area contributed by atoms with Crippen molar-refractivity contribution < 1.29 is 4.79 Å². The molecule has 0 aliphatic carbocycles. The number of pyridine rings is 1. The molecule has 0 aliphatic heterocycles. The lowest BCUT2D eigenvalue weighted by atomic mass is 10.1. The highest BCUT2D eigenvalue weighted by molar-refractivity contribution is 7.21. The van der Waals surface area contributed by atoms with Gasteiger partial charge in [-0.2, -0.15) is 5.26 Å². The van der Waals surface area contributed by atoms with E-state index >= 15 is 0 Å². The van der Waals surface area contributed by atoms with Crippen LogP contribution in [0.1, 0.15) is 26.4 Å². The molecule has 6 nitrogen and oxygen atoms in total. The molecule has 0 spiro atoms. The molecule has 0 fully saturated rings. The molecule has 2 aromatic heterocycles. The predicted molar refractivity (Wildman–Crippen MR) is 102 cm³/mol. The molecule has 1 amide bonds. The molecule has 3 rings (SSSR count). The number of nitrogens with one attached hydrogen (secondary N) is 1. The van der Waals surface area contributed by atoms with Gasteiger partial charge in [-0.15, -0.1) is 11.3 Å².